The highest BCUT2D eigenvalue weighted by atomic mass is 16.5. The van der Waals surface area contributed by atoms with Crippen molar-refractivity contribution in [3.63, 3.8) is 0 Å². The third kappa shape index (κ3) is 3.64. The number of hydrogen-bond acceptors (Lipinski definition) is 2. The molecule has 2 aromatic rings. The number of rotatable bonds is 5. The van der Waals surface area contributed by atoms with Crippen LogP contribution in [0, 0.1) is 20.8 Å². The van der Waals surface area contributed by atoms with Crippen LogP contribution in [0.1, 0.15) is 40.8 Å². The maximum Gasteiger partial charge on any atom is 0.0733 e. The summed E-state index contributed by atoms with van der Waals surface area (Å²) in [5.41, 5.74) is 7.72. The van der Waals surface area contributed by atoms with Gasteiger partial charge in [0, 0.05) is 24.4 Å². The van der Waals surface area contributed by atoms with Gasteiger partial charge in [-0.3, -0.25) is 0 Å². The number of methoxy groups -OCH3 is 1. The highest BCUT2D eigenvalue weighted by Gasteiger charge is 2.13. The first-order valence-electron chi connectivity index (χ1n) is 7.44. The van der Waals surface area contributed by atoms with Crippen LogP contribution in [0.2, 0.25) is 0 Å². The van der Waals surface area contributed by atoms with Crippen LogP contribution in [0.5, 0.6) is 0 Å². The van der Waals surface area contributed by atoms with Crippen molar-refractivity contribution >= 4 is 5.69 Å². The monoisotopic (exact) mass is 283 g/mol. The second kappa shape index (κ2) is 6.77. The molecule has 0 bridgehead atoms. The molecule has 2 nitrogen and oxygen atoms in total. The van der Waals surface area contributed by atoms with Gasteiger partial charge >= 0.3 is 0 Å². The molecule has 2 aromatic carbocycles. The lowest BCUT2D eigenvalue weighted by molar-refractivity contribution is 0.185. The van der Waals surface area contributed by atoms with E-state index < -0.39 is 0 Å². The maximum atomic E-state index is 5.28. The van der Waals surface area contributed by atoms with Crippen molar-refractivity contribution in [3.05, 3.63) is 64.2 Å². The first-order chi connectivity index (χ1) is 10.0. The normalized spacial score (nSPS) is 12.2. The van der Waals surface area contributed by atoms with E-state index in [-0.39, 0.29) is 6.04 Å². The van der Waals surface area contributed by atoms with Gasteiger partial charge in [0.25, 0.3) is 0 Å². The van der Waals surface area contributed by atoms with Crippen LogP contribution >= 0.6 is 0 Å². The summed E-state index contributed by atoms with van der Waals surface area (Å²) in [6.45, 7) is 9.37. The largest absolute Gasteiger partial charge is 0.380 e. The van der Waals surface area contributed by atoms with Crippen LogP contribution in [0.4, 0.5) is 5.69 Å². The lowest BCUT2D eigenvalue weighted by Gasteiger charge is -2.22. The molecule has 0 radical (unpaired) electrons. The molecular weight excluding hydrogens is 258 g/mol. The van der Waals surface area contributed by atoms with E-state index >= 15 is 0 Å². The Morgan fingerprint density at radius 1 is 1.05 bits per heavy atom. The van der Waals surface area contributed by atoms with Gasteiger partial charge < -0.3 is 10.1 Å². The second-order valence-corrected chi connectivity index (χ2v) is 5.77. The van der Waals surface area contributed by atoms with Gasteiger partial charge in [-0.15, -0.1) is 0 Å². The van der Waals surface area contributed by atoms with E-state index in [2.05, 4.69) is 63.3 Å². The van der Waals surface area contributed by atoms with E-state index in [9.17, 15) is 0 Å². The smallest absolute Gasteiger partial charge is 0.0733 e. The SMILES string of the molecule is COCc1ccccc1NC(C)c1c(C)cc(C)cc1C. The van der Waals surface area contributed by atoms with Crippen LogP contribution in [-0.4, -0.2) is 7.11 Å². The Kier molecular flexibility index (Phi) is 5.03. The molecular formula is C19H25NO. The number of hydrogen-bond donors (Lipinski definition) is 1. The zero-order chi connectivity index (χ0) is 15.4. The van der Waals surface area contributed by atoms with Crippen LogP contribution in [0.3, 0.4) is 0 Å². The van der Waals surface area contributed by atoms with Gasteiger partial charge in [-0.25, -0.2) is 0 Å². The molecule has 112 valence electrons. The number of benzene rings is 2. The fourth-order valence-corrected chi connectivity index (χ4v) is 3.12. The van der Waals surface area contributed by atoms with E-state index in [1.54, 1.807) is 7.11 Å². The van der Waals surface area contributed by atoms with Gasteiger partial charge in [-0.2, -0.15) is 0 Å². The van der Waals surface area contributed by atoms with Crippen LogP contribution in [-0.2, 0) is 11.3 Å². The molecule has 0 saturated heterocycles. The predicted octanol–water partition coefficient (Wildman–Crippen LogP) is 4.93. The standard InChI is InChI=1S/C19H25NO/c1-13-10-14(2)19(15(3)11-13)16(4)20-18-9-7-6-8-17(18)12-21-5/h6-11,16,20H,12H2,1-5H3. The Balaban J connectivity index is 2.28. The number of ether oxygens (including phenoxy) is 1. The van der Waals surface area contributed by atoms with Crippen molar-refractivity contribution < 1.29 is 4.74 Å². The minimum atomic E-state index is 0.267. The molecule has 1 atom stereocenters. The van der Waals surface area contributed by atoms with Crippen molar-refractivity contribution in [1.29, 1.82) is 0 Å². The summed E-state index contributed by atoms with van der Waals surface area (Å²) < 4.78 is 5.28. The lowest BCUT2D eigenvalue weighted by Crippen LogP contribution is -2.12. The lowest BCUT2D eigenvalue weighted by atomic mass is 9.94. The fourth-order valence-electron chi connectivity index (χ4n) is 3.12. The van der Waals surface area contributed by atoms with Crippen molar-refractivity contribution in [2.75, 3.05) is 12.4 Å². The van der Waals surface area contributed by atoms with Crippen LogP contribution in [0.25, 0.3) is 0 Å². The first kappa shape index (κ1) is 15.6. The van der Waals surface area contributed by atoms with E-state index in [1.807, 2.05) is 6.07 Å². The summed E-state index contributed by atoms with van der Waals surface area (Å²) in [7, 11) is 1.73. The predicted molar refractivity (Wildman–Crippen MR) is 89.8 cm³/mol. The Hall–Kier alpha value is -1.80. The Morgan fingerprint density at radius 3 is 2.29 bits per heavy atom. The molecule has 0 spiro atoms. The molecule has 0 fully saturated rings. The fraction of sp³-hybridized carbons (Fsp3) is 0.368. The molecule has 21 heavy (non-hydrogen) atoms. The second-order valence-electron chi connectivity index (χ2n) is 5.77. The third-order valence-electron chi connectivity index (χ3n) is 3.86. The molecule has 0 aliphatic rings. The summed E-state index contributed by atoms with van der Waals surface area (Å²) in [5.74, 6) is 0. The zero-order valence-corrected chi connectivity index (χ0v) is 13.7. The minimum absolute atomic E-state index is 0.267. The van der Waals surface area contributed by atoms with Crippen molar-refractivity contribution in [2.24, 2.45) is 0 Å². The molecule has 0 amide bonds. The van der Waals surface area contributed by atoms with Crippen molar-refractivity contribution in [2.45, 2.75) is 40.3 Å². The first-order valence-corrected chi connectivity index (χ1v) is 7.44. The molecule has 1 unspecified atom stereocenters. The summed E-state index contributed by atoms with van der Waals surface area (Å²) in [4.78, 5) is 0. The van der Waals surface area contributed by atoms with Gasteiger partial charge in [0.05, 0.1) is 6.61 Å². The van der Waals surface area contributed by atoms with E-state index in [0.29, 0.717) is 6.61 Å². The zero-order valence-electron chi connectivity index (χ0n) is 13.7. The van der Waals surface area contributed by atoms with Gasteiger partial charge in [0.15, 0.2) is 0 Å². The van der Waals surface area contributed by atoms with Gasteiger partial charge in [0.2, 0.25) is 0 Å². The maximum absolute atomic E-state index is 5.28. The van der Waals surface area contributed by atoms with Crippen molar-refractivity contribution in [3.8, 4) is 0 Å². The average Bonchev–Trinajstić information content (AvgIpc) is 2.40. The Labute approximate surface area is 128 Å². The van der Waals surface area contributed by atoms with Gasteiger partial charge in [0.1, 0.15) is 0 Å². The molecule has 0 aliphatic carbocycles. The highest BCUT2D eigenvalue weighted by molar-refractivity contribution is 5.53. The van der Waals surface area contributed by atoms with Crippen molar-refractivity contribution in [1.82, 2.24) is 0 Å². The van der Waals surface area contributed by atoms with Crippen LogP contribution in [0.15, 0.2) is 36.4 Å². The molecule has 0 heterocycles. The number of aryl methyl sites for hydroxylation is 3. The molecule has 2 heteroatoms. The summed E-state index contributed by atoms with van der Waals surface area (Å²) in [6.07, 6.45) is 0. The molecule has 0 aromatic heterocycles. The third-order valence-corrected chi connectivity index (χ3v) is 3.86. The molecule has 1 N–H and O–H groups in total. The van der Waals surface area contributed by atoms with E-state index in [1.165, 1.54) is 27.8 Å². The Morgan fingerprint density at radius 2 is 1.67 bits per heavy atom. The summed E-state index contributed by atoms with van der Waals surface area (Å²) >= 11 is 0. The molecule has 0 aliphatic heterocycles. The summed E-state index contributed by atoms with van der Waals surface area (Å²) in [6, 6.07) is 13.1. The molecule has 2 rings (SSSR count). The van der Waals surface area contributed by atoms with Crippen LogP contribution < -0.4 is 5.32 Å². The number of anilines is 1. The topological polar surface area (TPSA) is 21.3 Å². The Bertz CT molecular complexity index is 596. The average molecular weight is 283 g/mol. The number of nitrogens with one attached hydrogen (secondary N) is 1. The molecule has 0 saturated carbocycles. The highest BCUT2D eigenvalue weighted by Crippen LogP contribution is 2.28. The minimum Gasteiger partial charge on any atom is -0.380 e. The van der Waals surface area contributed by atoms with E-state index in [0.717, 1.165) is 5.69 Å². The van der Waals surface area contributed by atoms with Gasteiger partial charge in [-0.1, -0.05) is 35.9 Å². The summed E-state index contributed by atoms with van der Waals surface area (Å²) in [5, 5.41) is 3.63. The van der Waals surface area contributed by atoms with E-state index in [4.69, 9.17) is 4.74 Å². The quantitative estimate of drug-likeness (QED) is 0.840. The van der Waals surface area contributed by atoms with Gasteiger partial charge in [-0.05, 0) is 50.5 Å². The number of para-hydroxylation sites is 1.